The number of benzene rings is 1. The van der Waals surface area contributed by atoms with Crippen LogP contribution in [0.4, 0.5) is 0 Å². The highest BCUT2D eigenvalue weighted by Gasteiger charge is 2.08. The van der Waals surface area contributed by atoms with E-state index in [0.717, 1.165) is 30.3 Å². The van der Waals surface area contributed by atoms with Crippen molar-refractivity contribution >= 4 is 11.8 Å². The van der Waals surface area contributed by atoms with Crippen LogP contribution >= 0.6 is 11.8 Å². The van der Waals surface area contributed by atoms with Gasteiger partial charge in [-0.1, -0.05) is 26.0 Å². The first kappa shape index (κ1) is 14.4. The van der Waals surface area contributed by atoms with Crippen molar-refractivity contribution in [3.05, 3.63) is 29.8 Å². The molecule has 1 aromatic rings. The van der Waals surface area contributed by atoms with Gasteiger partial charge in [-0.2, -0.15) is 11.8 Å². The molecule has 3 N–H and O–H groups in total. The Kier molecular flexibility index (Phi) is 7.08. The second-order valence-electron chi connectivity index (χ2n) is 3.80. The Morgan fingerprint density at radius 3 is 2.53 bits per heavy atom. The molecule has 0 spiro atoms. The SMILES string of the molecule is CCCOc1ccc(C(CSCC)NN)cc1. The van der Waals surface area contributed by atoms with Crippen LogP contribution in [0.25, 0.3) is 0 Å². The average Bonchev–Trinajstić information content (AvgIpc) is 2.38. The molecule has 1 unspecified atom stereocenters. The highest BCUT2D eigenvalue weighted by atomic mass is 32.2. The van der Waals surface area contributed by atoms with Crippen molar-refractivity contribution in [3.8, 4) is 5.75 Å². The van der Waals surface area contributed by atoms with Crippen LogP contribution in [0, 0.1) is 0 Å². The first-order chi connectivity index (χ1) is 8.31. The molecule has 1 atom stereocenters. The summed E-state index contributed by atoms with van der Waals surface area (Å²) in [6.45, 7) is 5.02. The second kappa shape index (κ2) is 8.39. The van der Waals surface area contributed by atoms with Gasteiger partial charge in [0.15, 0.2) is 0 Å². The van der Waals surface area contributed by atoms with E-state index in [1.165, 1.54) is 5.56 Å². The van der Waals surface area contributed by atoms with Gasteiger partial charge >= 0.3 is 0 Å². The number of hydrazine groups is 1. The van der Waals surface area contributed by atoms with Crippen LogP contribution < -0.4 is 16.0 Å². The average molecular weight is 254 g/mol. The number of hydrogen-bond acceptors (Lipinski definition) is 4. The Morgan fingerprint density at radius 1 is 1.29 bits per heavy atom. The van der Waals surface area contributed by atoms with Crippen molar-refractivity contribution in [3.63, 3.8) is 0 Å². The molecule has 0 aliphatic carbocycles. The van der Waals surface area contributed by atoms with Crippen LogP contribution in [0.1, 0.15) is 31.9 Å². The molecule has 0 fully saturated rings. The fourth-order valence-corrected chi connectivity index (χ4v) is 2.25. The maximum atomic E-state index is 5.57. The molecule has 0 bridgehead atoms. The van der Waals surface area contributed by atoms with Gasteiger partial charge in [-0.15, -0.1) is 0 Å². The Balaban J connectivity index is 2.57. The van der Waals surface area contributed by atoms with Crippen LogP contribution in [-0.4, -0.2) is 18.1 Å². The summed E-state index contributed by atoms with van der Waals surface area (Å²) in [5, 5.41) is 0. The summed E-state index contributed by atoms with van der Waals surface area (Å²) in [5.74, 6) is 8.59. The third kappa shape index (κ3) is 4.98. The molecule has 0 saturated carbocycles. The zero-order valence-corrected chi connectivity index (χ0v) is 11.4. The van der Waals surface area contributed by atoms with Gasteiger partial charge in [-0.3, -0.25) is 11.3 Å². The zero-order valence-electron chi connectivity index (χ0n) is 10.6. The quantitative estimate of drug-likeness (QED) is 0.553. The van der Waals surface area contributed by atoms with Crippen molar-refractivity contribution in [2.75, 3.05) is 18.1 Å². The van der Waals surface area contributed by atoms with E-state index in [-0.39, 0.29) is 6.04 Å². The van der Waals surface area contributed by atoms with E-state index >= 15 is 0 Å². The Labute approximate surface area is 108 Å². The lowest BCUT2D eigenvalue weighted by Crippen LogP contribution is -2.29. The van der Waals surface area contributed by atoms with E-state index in [1.807, 2.05) is 23.9 Å². The van der Waals surface area contributed by atoms with Crippen molar-refractivity contribution in [1.82, 2.24) is 5.43 Å². The van der Waals surface area contributed by atoms with Crippen LogP contribution in [0.2, 0.25) is 0 Å². The van der Waals surface area contributed by atoms with Gasteiger partial charge in [-0.05, 0) is 29.9 Å². The zero-order chi connectivity index (χ0) is 12.5. The fraction of sp³-hybridized carbons (Fsp3) is 0.538. The van der Waals surface area contributed by atoms with E-state index in [2.05, 4.69) is 31.4 Å². The number of nitrogens with one attached hydrogen (secondary N) is 1. The van der Waals surface area contributed by atoms with Gasteiger partial charge in [0.25, 0.3) is 0 Å². The number of ether oxygens (including phenoxy) is 1. The van der Waals surface area contributed by atoms with E-state index in [1.54, 1.807) is 0 Å². The molecule has 1 aromatic carbocycles. The van der Waals surface area contributed by atoms with E-state index in [4.69, 9.17) is 10.6 Å². The lowest BCUT2D eigenvalue weighted by molar-refractivity contribution is 0.317. The molecule has 0 amide bonds. The summed E-state index contributed by atoms with van der Waals surface area (Å²) >= 11 is 1.88. The van der Waals surface area contributed by atoms with E-state index < -0.39 is 0 Å². The Morgan fingerprint density at radius 2 is 2.00 bits per heavy atom. The van der Waals surface area contributed by atoms with E-state index in [0.29, 0.717) is 0 Å². The topological polar surface area (TPSA) is 47.3 Å². The first-order valence-corrected chi connectivity index (χ1v) is 7.23. The minimum absolute atomic E-state index is 0.208. The number of thioether (sulfide) groups is 1. The monoisotopic (exact) mass is 254 g/mol. The van der Waals surface area contributed by atoms with Gasteiger partial charge in [-0.25, -0.2) is 0 Å². The van der Waals surface area contributed by atoms with Gasteiger partial charge < -0.3 is 4.74 Å². The van der Waals surface area contributed by atoms with Gasteiger partial charge in [0.2, 0.25) is 0 Å². The molecule has 0 aromatic heterocycles. The molecular formula is C13H22N2OS. The maximum Gasteiger partial charge on any atom is 0.119 e. The van der Waals surface area contributed by atoms with Crippen LogP contribution in [0.15, 0.2) is 24.3 Å². The molecule has 4 heteroatoms. The Hall–Kier alpha value is -0.710. The van der Waals surface area contributed by atoms with Crippen molar-refractivity contribution in [2.45, 2.75) is 26.3 Å². The molecular weight excluding hydrogens is 232 g/mol. The summed E-state index contributed by atoms with van der Waals surface area (Å²) in [4.78, 5) is 0. The minimum atomic E-state index is 0.208. The summed E-state index contributed by atoms with van der Waals surface area (Å²) < 4.78 is 5.55. The maximum absolute atomic E-state index is 5.57. The normalized spacial score (nSPS) is 12.4. The van der Waals surface area contributed by atoms with Crippen molar-refractivity contribution in [1.29, 1.82) is 0 Å². The van der Waals surface area contributed by atoms with Crippen molar-refractivity contribution < 1.29 is 4.74 Å². The predicted octanol–water partition coefficient (Wildman–Crippen LogP) is 2.73. The second-order valence-corrected chi connectivity index (χ2v) is 5.12. The van der Waals surface area contributed by atoms with E-state index in [9.17, 15) is 0 Å². The molecule has 0 heterocycles. The largest absolute Gasteiger partial charge is 0.494 e. The number of hydrogen-bond donors (Lipinski definition) is 2. The van der Waals surface area contributed by atoms with Crippen LogP contribution in [-0.2, 0) is 0 Å². The highest BCUT2D eigenvalue weighted by molar-refractivity contribution is 7.99. The van der Waals surface area contributed by atoms with Gasteiger partial charge in [0.1, 0.15) is 5.75 Å². The molecule has 3 nitrogen and oxygen atoms in total. The van der Waals surface area contributed by atoms with Crippen LogP contribution in [0.5, 0.6) is 5.75 Å². The molecule has 96 valence electrons. The Bertz CT molecular complexity index is 303. The molecule has 0 saturated heterocycles. The first-order valence-electron chi connectivity index (χ1n) is 6.08. The summed E-state index contributed by atoms with van der Waals surface area (Å²) in [7, 11) is 0. The minimum Gasteiger partial charge on any atom is -0.494 e. The molecule has 0 aliphatic rings. The van der Waals surface area contributed by atoms with Gasteiger partial charge in [0, 0.05) is 5.75 Å². The smallest absolute Gasteiger partial charge is 0.119 e. The molecule has 1 rings (SSSR count). The summed E-state index contributed by atoms with van der Waals surface area (Å²) in [5.41, 5.74) is 4.06. The third-order valence-corrected chi connectivity index (χ3v) is 3.42. The molecule has 0 aliphatic heterocycles. The van der Waals surface area contributed by atoms with Gasteiger partial charge in [0.05, 0.1) is 12.6 Å². The molecule has 0 radical (unpaired) electrons. The lowest BCUT2D eigenvalue weighted by atomic mass is 10.1. The van der Waals surface area contributed by atoms with Crippen LogP contribution in [0.3, 0.4) is 0 Å². The fourth-order valence-electron chi connectivity index (χ4n) is 1.49. The summed E-state index contributed by atoms with van der Waals surface area (Å²) in [6, 6.07) is 8.37. The summed E-state index contributed by atoms with van der Waals surface area (Å²) in [6.07, 6.45) is 1.03. The molecule has 17 heavy (non-hydrogen) atoms. The highest BCUT2D eigenvalue weighted by Crippen LogP contribution is 2.20. The number of nitrogens with two attached hydrogens (primary N) is 1. The van der Waals surface area contributed by atoms with Crippen molar-refractivity contribution in [2.24, 2.45) is 5.84 Å². The third-order valence-electron chi connectivity index (χ3n) is 2.45. The number of rotatable bonds is 8. The predicted molar refractivity (Wildman–Crippen MR) is 75.3 cm³/mol. The standard InChI is InChI=1S/C13H22N2OS/c1-3-9-16-12-7-5-11(6-8-12)13(15-14)10-17-4-2/h5-8,13,15H,3-4,9-10,14H2,1-2H3. The lowest BCUT2D eigenvalue weighted by Gasteiger charge is -2.16.